The molecule has 0 radical (unpaired) electrons. The van der Waals surface area contributed by atoms with Crippen molar-refractivity contribution in [3.05, 3.63) is 71.8 Å². The van der Waals surface area contributed by atoms with Gasteiger partial charge in [0.2, 0.25) is 0 Å². The summed E-state index contributed by atoms with van der Waals surface area (Å²) < 4.78 is 0. The van der Waals surface area contributed by atoms with Gasteiger partial charge in [0.25, 0.3) is 0 Å². The minimum absolute atomic E-state index is 1.15. The van der Waals surface area contributed by atoms with Gasteiger partial charge in [-0.1, -0.05) is 54.6 Å². The van der Waals surface area contributed by atoms with Gasteiger partial charge in [-0.15, -0.1) is 0 Å². The Morgan fingerprint density at radius 1 is 0.609 bits per heavy atom. The fourth-order valence-electron chi connectivity index (χ4n) is 4.39. The maximum absolute atomic E-state index is 2.46. The largest absolute Gasteiger partial charge is 0.152 e. The third-order valence-corrected chi connectivity index (χ3v) is 6.36. The Balaban J connectivity index is 2.05. The second kappa shape index (κ2) is 4.18. The number of hydrogen-bond donors (Lipinski definition) is 0. The van der Waals surface area contributed by atoms with E-state index in [1.165, 1.54) is 48.7 Å². The highest BCUT2D eigenvalue weighted by atomic mass is 32.2. The van der Waals surface area contributed by atoms with Crippen molar-refractivity contribution in [3.63, 3.8) is 0 Å². The maximum atomic E-state index is 2.46. The first-order valence-electron chi connectivity index (χ1n) is 8.09. The van der Waals surface area contributed by atoms with Gasteiger partial charge >= 0.3 is 0 Å². The van der Waals surface area contributed by atoms with E-state index in [-0.39, 0.29) is 0 Å². The average Bonchev–Trinajstić information content (AvgIpc) is 3.08. The molecule has 5 aromatic carbocycles. The molecule has 5 aromatic rings. The summed E-state index contributed by atoms with van der Waals surface area (Å²) in [5, 5.41) is 11.3. The molecule has 1 heterocycles. The highest BCUT2D eigenvalue weighted by molar-refractivity contribution is 7.98. The molecule has 0 saturated heterocycles. The van der Waals surface area contributed by atoms with Crippen LogP contribution >= 0.6 is 11.8 Å². The Morgan fingerprint density at radius 2 is 1.26 bits per heavy atom. The van der Waals surface area contributed by atoms with Crippen molar-refractivity contribution in [2.45, 2.75) is 11.5 Å². The van der Waals surface area contributed by atoms with E-state index in [0.29, 0.717) is 0 Å². The summed E-state index contributed by atoms with van der Waals surface area (Å²) in [6.07, 6.45) is 0. The highest BCUT2D eigenvalue weighted by Crippen LogP contribution is 2.44. The molecule has 0 fully saturated rings. The van der Waals surface area contributed by atoms with Gasteiger partial charge in [0.1, 0.15) is 0 Å². The van der Waals surface area contributed by atoms with Gasteiger partial charge in [0.05, 0.1) is 0 Å². The molecule has 1 aliphatic heterocycles. The van der Waals surface area contributed by atoms with Crippen LogP contribution in [0.1, 0.15) is 11.1 Å². The molecule has 0 aliphatic carbocycles. The van der Waals surface area contributed by atoms with E-state index in [1.807, 2.05) is 11.8 Å². The van der Waals surface area contributed by atoms with Gasteiger partial charge < -0.3 is 0 Å². The van der Waals surface area contributed by atoms with Crippen LogP contribution in [0.25, 0.3) is 43.1 Å². The molecule has 0 saturated carbocycles. The Labute approximate surface area is 138 Å². The molecule has 0 N–H and O–H groups in total. The van der Waals surface area contributed by atoms with Crippen LogP contribution in [0.15, 0.2) is 60.7 Å². The fraction of sp³-hybridized carbons (Fsp3) is 0.0909. The molecule has 0 amide bonds. The number of hydrogen-bond acceptors (Lipinski definition) is 1. The minimum Gasteiger partial charge on any atom is -0.152 e. The molecule has 108 valence electrons. The Hall–Kier alpha value is -2.25. The molecule has 1 aliphatic rings. The van der Waals surface area contributed by atoms with Crippen molar-refractivity contribution in [3.8, 4) is 0 Å². The number of benzene rings is 5. The van der Waals surface area contributed by atoms with E-state index >= 15 is 0 Å². The van der Waals surface area contributed by atoms with Crippen molar-refractivity contribution in [2.24, 2.45) is 0 Å². The monoisotopic (exact) mass is 310 g/mol. The lowest BCUT2D eigenvalue weighted by Gasteiger charge is -2.16. The van der Waals surface area contributed by atoms with E-state index in [1.54, 1.807) is 5.56 Å². The van der Waals surface area contributed by atoms with Gasteiger partial charge in [-0.3, -0.25) is 0 Å². The lowest BCUT2D eigenvalue weighted by molar-refractivity contribution is 1.40. The van der Waals surface area contributed by atoms with Crippen molar-refractivity contribution in [1.82, 2.24) is 0 Å². The summed E-state index contributed by atoms with van der Waals surface area (Å²) in [5.41, 5.74) is 3.09. The Morgan fingerprint density at radius 3 is 2.09 bits per heavy atom. The second-order valence-electron chi connectivity index (χ2n) is 6.49. The Kier molecular flexibility index (Phi) is 2.22. The van der Waals surface area contributed by atoms with Crippen LogP contribution in [0.2, 0.25) is 0 Å². The molecule has 0 nitrogen and oxygen atoms in total. The van der Waals surface area contributed by atoms with Crippen LogP contribution in [0.3, 0.4) is 0 Å². The van der Waals surface area contributed by atoms with E-state index in [4.69, 9.17) is 0 Å². The summed E-state index contributed by atoms with van der Waals surface area (Å²) in [6.45, 7) is 0. The van der Waals surface area contributed by atoms with Crippen LogP contribution < -0.4 is 0 Å². The van der Waals surface area contributed by atoms with Gasteiger partial charge in [-0.05, 0) is 60.3 Å². The Bertz CT molecular complexity index is 1230. The summed E-state index contributed by atoms with van der Waals surface area (Å²) in [5.74, 6) is 2.31. The smallest absolute Gasteiger partial charge is 0.0197 e. The van der Waals surface area contributed by atoms with Crippen LogP contribution in [-0.4, -0.2) is 0 Å². The van der Waals surface area contributed by atoms with Crippen LogP contribution in [0.4, 0.5) is 0 Å². The highest BCUT2D eigenvalue weighted by Gasteiger charge is 2.19. The van der Waals surface area contributed by atoms with Crippen molar-refractivity contribution in [1.29, 1.82) is 0 Å². The minimum atomic E-state index is 1.15. The molecule has 6 rings (SSSR count). The molecule has 0 bridgehead atoms. The predicted molar refractivity (Wildman–Crippen MR) is 103 cm³/mol. The quantitative estimate of drug-likeness (QED) is 0.233. The zero-order valence-corrected chi connectivity index (χ0v) is 13.4. The number of rotatable bonds is 0. The maximum Gasteiger partial charge on any atom is 0.0197 e. The molecule has 0 unspecified atom stereocenters. The SMILES string of the molecule is c1cc2cccc3c4cc5c(c6cccc(c(c1)c23)c64)CSC5. The van der Waals surface area contributed by atoms with E-state index in [9.17, 15) is 0 Å². The van der Waals surface area contributed by atoms with E-state index < -0.39 is 0 Å². The molecule has 0 spiro atoms. The van der Waals surface area contributed by atoms with Gasteiger partial charge in [-0.2, -0.15) is 11.8 Å². The fourth-order valence-corrected chi connectivity index (χ4v) is 5.51. The van der Waals surface area contributed by atoms with Crippen LogP contribution in [-0.2, 0) is 11.5 Å². The van der Waals surface area contributed by atoms with Crippen molar-refractivity contribution >= 4 is 54.9 Å². The first kappa shape index (κ1) is 12.2. The molecular weight excluding hydrogens is 296 g/mol. The number of thioether (sulfide) groups is 1. The standard InChI is InChI=1S/C22H14S/c1-4-13-5-2-7-17-19-10-14-11-23-12-20(14)18-9-3-8-16(22(18)19)15(6-1)21(13)17/h1-10H,11-12H2. The lowest BCUT2D eigenvalue weighted by atomic mass is 9.87. The number of fused-ring (bicyclic) bond motifs is 4. The zero-order valence-electron chi connectivity index (χ0n) is 12.6. The normalized spacial score (nSPS) is 14.4. The molecule has 0 atom stereocenters. The summed E-state index contributed by atoms with van der Waals surface area (Å²) >= 11 is 2.04. The van der Waals surface area contributed by atoms with E-state index in [2.05, 4.69) is 60.7 Å². The summed E-state index contributed by atoms with van der Waals surface area (Å²) in [6, 6.07) is 22.7. The zero-order chi connectivity index (χ0) is 15.0. The molecular formula is C22H14S. The first-order valence-corrected chi connectivity index (χ1v) is 9.25. The predicted octanol–water partition coefficient (Wildman–Crippen LogP) is 6.48. The molecule has 1 heteroatoms. The topological polar surface area (TPSA) is 0 Å². The third-order valence-electron chi connectivity index (χ3n) is 5.35. The van der Waals surface area contributed by atoms with Crippen molar-refractivity contribution in [2.75, 3.05) is 0 Å². The average molecular weight is 310 g/mol. The first-order chi connectivity index (χ1) is 11.4. The van der Waals surface area contributed by atoms with Gasteiger partial charge in [0.15, 0.2) is 0 Å². The van der Waals surface area contributed by atoms with E-state index in [0.717, 1.165) is 11.5 Å². The van der Waals surface area contributed by atoms with Gasteiger partial charge in [-0.25, -0.2) is 0 Å². The van der Waals surface area contributed by atoms with Crippen LogP contribution in [0, 0.1) is 0 Å². The summed E-state index contributed by atoms with van der Waals surface area (Å²) in [7, 11) is 0. The molecule has 23 heavy (non-hydrogen) atoms. The lowest BCUT2D eigenvalue weighted by Crippen LogP contribution is -1.91. The van der Waals surface area contributed by atoms with Crippen molar-refractivity contribution < 1.29 is 0 Å². The second-order valence-corrected chi connectivity index (χ2v) is 7.48. The van der Waals surface area contributed by atoms with Crippen LogP contribution in [0.5, 0.6) is 0 Å². The summed E-state index contributed by atoms with van der Waals surface area (Å²) in [4.78, 5) is 0. The van der Waals surface area contributed by atoms with Gasteiger partial charge in [0, 0.05) is 11.5 Å². The molecule has 0 aromatic heterocycles. The third kappa shape index (κ3) is 1.44.